The molecule has 25 heavy (non-hydrogen) atoms. The number of alkyl halides is 2. The average molecular weight is 351 g/mol. The van der Waals surface area contributed by atoms with Crippen LogP contribution in [0, 0.1) is 0 Å². The van der Waals surface area contributed by atoms with Crippen LogP contribution in [0.3, 0.4) is 0 Å². The van der Waals surface area contributed by atoms with E-state index in [-0.39, 0.29) is 12.3 Å². The Kier molecular flexibility index (Phi) is 6.09. The Morgan fingerprint density at radius 2 is 2.00 bits per heavy atom. The summed E-state index contributed by atoms with van der Waals surface area (Å²) in [6.45, 7) is 2.22. The standard InChI is InChI=1S/C18H23F2N3O2/c1-24-7-6-17-22-18(25-23-17)15-9-14(10-21-11-15)13-4-2-12(3-5-13)8-16(19)20/h2-5,14-16,21H,6-11H2,1H3. The van der Waals surface area contributed by atoms with E-state index in [1.807, 2.05) is 12.1 Å². The van der Waals surface area contributed by atoms with Crippen molar-refractivity contribution in [2.45, 2.75) is 37.5 Å². The Bertz CT molecular complexity index is 661. The molecule has 0 saturated carbocycles. The second-order valence-corrected chi connectivity index (χ2v) is 6.42. The number of hydrogen-bond acceptors (Lipinski definition) is 5. The van der Waals surface area contributed by atoms with E-state index in [0.717, 1.165) is 25.1 Å². The molecule has 2 heterocycles. The van der Waals surface area contributed by atoms with Crippen LogP contribution in [0.2, 0.25) is 0 Å². The fourth-order valence-electron chi connectivity index (χ4n) is 3.22. The molecular formula is C18H23F2N3O2. The summed E-state index contributed by atoms with van der Waals surface area (Å²) < 4.78 is 35.3. The van der Waals surface area contributed by atoms with E-state index in [4.69, 9.17) is 9.26 Å². The first kappa shape index (κ1) is 17.9. The first-order chi connectivity index (χ1) is 12.2. The lowest BCUT2D eigenvalue weighted by atomic mass is 9.85. The van der Waals surface area contributed by atoms with Crippen LogP contribution in [0.4, 0.5) is 8.78 Å². The predicted molar refractivity (Wildman–Crippen MR) is 89.0 cm³/mol. The van der Waals surface area contributed by atoms with Gasteiger partial charge in [-0.2, -0.15) is 4.98 Å². The minimum atomic E-state index is -2.31. The fourth-order valence-corrected chi connectivity index (χ4v) is 3.22. The molecule has 1 aromatic carbocycles. The van der Waals surface area contributed by atoms with E-state index >= 15 is 0 Å². The van der Waals surface area contributed by atoms with Crippen molar-refractivity contribution >= 4 is 0 Å². The van der Waals surface area contributed by atoms with Crippen molar-refractivity contribution in [3.8, 4) is 0 Å². The van der Waals surface area contributed by atoms with Crippen LogP contribution in [-0.2, 0) is 17.6 Å². The molecule has 1 saturated heterocycles. The monoisotopic (exact) mass is 351 g/mol. The van der Waals surface area contributed by atoms with Gasteiger partial charge >= 0.3 is 0 Å². The molecule has 1 N–H and O–H groups in total. The number of rotatable bonds is 7. The zero-order valence-electron chi connectivity index (χ0n) is 14.3. The average Bonchev–Trinajstić information content (AvgIpc) is 3.09. The molecule has 2 unspecified atom stereocenters. The number of benzene rings is 1. The molecule has 0 spiro atoms. The van der Waals surface area contributed by atoms with Crippen molar-refractivity contribution in [3.63, 3.8) is 0 Å². The van der Waals surface area contributed by atoms with Crippen LogP contribution < -0.4 is 5.32 Å². The summed E-state index contributed by atoms with van der Waals surface area (Å²) in [5.41, 5.74) is 1.81. The summed E-state index contributed by atoms with van der Waals surface area (Å²) in [7, 11) is 1.64. The van der Waals surface area contributed by atoms with Gasteiger partial charge in [-0.25, -0.2) is 8.78 Å². The van der Waals surface area contributed by atoms with Crippen molar-refractivity contribution in [1.82, 2.24) is 15.5 Å². The Morgan fingerprint density at radius 3 is 2.72 bits per heavy atom. The largest absolute Gasteiger partial charge is 0.384 e. The molecule has 0 radical (unpaired) electrons. The van der Waals surface area contributed by atoms with E-state index in [1.165, 1.54) is 0 Å². The van der Waals surface area contributed by atoms with Gasteiger partial charge in [0.2, 0.25) is 12.3 Å². The molecule has 2 atom stereocenters. The quantitative estimate of drug-likeness (QED) is 0.831. The van der Waals surface area contributed by atoms with E-state index in [2.05, 4.69) is 15.5 Å². The van der Waals surface area contributed by atoms with E-state index in [0.29, 0.717) is 36.2 Å². The number of halogens is 2. The second-order valence-electron chi connectivity index (χ2n) is 6.42. The van der Waals surface area contributed by atoms with Crippen molar-refractivity contribution in [2.24, 2.45) is 0 Å². The first-order valence-corrected chi connectivity index (χ1v) is 8.55. The van der Waals surface area contributed by atoms with Crippen LogP contribution in [-0.4, -0.2) is 43.4 Å². The topological polar surface area (TPSA) is 60.2 Å². The number of piperidine rings is 1. The molecule has 2 aromatic rings. The third kappa shape index (κ3) is 4.83. The number of hydrogen-bond donors (Lipinski definition) is 1. The van der Waals surface area contributed by atoms with Gasteiger partial charge in [0.1, 0.15) is 0 Å². The molecule has 136 valence electrons. The third-order valence-corrected chi connectivity index (χ3v) is 4.55. The first-order valence-electron chi connectivity index (χ1n) is 8.55. The molecule has 0 amide bonds. The van der Waals surface area contributed by atoms with Crippen molar-refractivity contribution < 1.29 is 18.0 Å². The van der Waals surface area contributed by atoms with Gasteiger partial charge in [0.25, 0.3) is 0 Å². The van der Waals surface area contributed by atoms with Gasteiger partial charge in [-0.15, -0.1) is 0 Å². The SMILES string of the molecule is COCCc1noc(C2CNCC(c3ccc(CC(F)F)cc3)C2)n1. The summed E-state index contributed by atoms with van der Waals surface area (Å²) >= 11 is 0. The number of nitrogens with zero attached hydrogens (tertiary/aromatic N) is 2. The molecule has 1 aromatic heterocycles. The summed E-state index contributed by atoms with van der Waals surface area (Å²) in [4.78, 5) is 4.47. The minimum absolute atomic E-state index is 0.156. The Hall–Kier alpha value is -1.86. The summed E-state index contributed by atoms with van der Waals surface area (Å²) in [5.74, 6) is 1.77. The fraction of sp³-hybridized carbons (Fsp3) is 0.556. The highest BCUT2D eigenvalue weighted by Gasteiger charge is 2.28. The Balaban J connectivity index is 1.63. The van der Waals surface area contributed by atoms with E-state index in [9.17, 15) is 8.78 Å². The number of ether oxygens (including phenoxy) is 1. The van der Waals surface area contributed by atoms with E-state index < -0.39 is 6.43 Å². The Morgan fingerprint density at radius 1 is 1.24 bits per heavy atom. The molecule has 3 rings (SSSR count). The Labute approximate surface area is 145 Å². The molecule has 1 aliphatic rings. The third-order valence-electron chi connectivity index (χ3n) is 4.55. The summed E-state index contributed by atoms with van der Waals surface area (Å²) in [6, 6.07) is 7.48. The highest BCUT2D eigenvalue weighted by atomic mass is 19.3. The van der Waals surface area contributed by atoms with Crippen LogP contribution in [0.1, 0.15) is 41.1 Å². The van der Waals surface area contributed by atoms with Crippen LogP contribution in [0.25, 0.3) is 0 Å². The molecule has 5 nitrogen and oxygen atoms in total. The van der Waals surface area contributed by atoms with Crippen LogP contribution >= 0.6 is 0 Å². The number of aromatic nitrogens is 2. The maximum Gasteiger partial charge on any atom is 0.242 e. The van der Waals surface area contributed by atoms with Gasteiger partial charge in [-0.3, -0.25) is 0 Å². The normalized spacial score (nSPS) is 21.0. The van der Waals surface area contributed by atoms with Gasteiger partial charge in [0.15, 0.2) is 5.82 Å². The van der Waals surface area contributed by atoms with Gasteiger partial charge in [-0.05, 0) is 23.5 Å². The molecular weight excluding hydrogens is 328 g/mol. The smallest absolute Gasteiger partial charge is 0.242 e. The number of nitrogens with one attached hydrogen (secondary N) is 1. The zero-order valence-corrected chi connectivity index (χ0v) is 14.3. The lowest BCUT2D eigenvalue weighted by Crippen LogP contribution is -2.34. The van der Waals surface area contributed by atoms with Gasteiger partial charge in [0, 0.05) is 33.0 Å². The van der Waals surface area contributed by atoms with Gasteiger partial charge < -0.3 is 14.6 Å². The molecule has 1 aliphatic heterocycles. The minimum Gasteiger partial charge on any atom is -0.384 e. The van der Waals surface area contributed by atoms with E-state index in [1.54, 1.807) is 19.2 Å². The highest BCUT2D eigenvalue weighted by Crippen LogP contribution is 2.32. The van der Waals surface area contributed by atoms with Crippen molar-refractivity contribution in [2.75, 3.05) is 26.8 Å². The maximum atomic E-state index is 12.5. The second kappa shape index (κ2) is 8.49. The summed E-state index contributed by atoms with van der Waals surface area (Å²) in [6.07, 6.45) is -0.975. The van der Waals surface area contributed by atoms with Gasteiger partial charge in [-0.1, -0.05) is 29.4 Å². The molecule has 0 bridgehead atoms. The maximum absolute atomic E-state index is 12.5. The zero-order chi connectivity index (χ0) is 17.6. The molecule has 1 fully saturated rings. The molecule has 0 aliphatic carbocycles. The number of methoxy groups -OCH3 is 1. The van der Waals surface area contributed by atoms with Gasteiger partial charge in [0.05, 0.1) is 12.5 Å². The van der Waals surface area contributed by atoms with Crippen molar-refractivity contribution in [1.29, 1.82) is 0 Å². The van der Waals surface area contributed by atoms with Crippen molar-refractivity contribution in [3.05, 3.63) is 47.1 Å². The lowest BCUT2D eigenvalue weighted by Gasteiger charge is -2.28. The highest BCUT2D eigenvalue weighted by molar-refractivity contribution is 5.27. The molecule has 7 heteroatoms. The summed E-state index contributed by atoms with van der Waals surface area (Å²) in [5, 5.41) is 7.41. The predicted octanol–water partition coefficient (Wildman–Crippen LogP) is 2.93. The van der Waals surface area contributed by atoms with Crippen LogP contribution in [0.15, 0.2) is 28.8 Å². The van der Waals surface area contributed by atoms with Crippen LogP contribution in [0.5, 0.6) is 0 Å². The lowest BCUT2D eigenvalue weighted by molar-refractivity contribution is 0.149.